The van der Waals surface area contributed by atoms with Gasteiger partial charge in [0.2, 0.25) is 0 Å². The van der Waals surface area contributed by atoms with Gasteiger partial charge in [-0.25, -0.2) is 0 Å². The molecule has 0 saturated carbocycles. The summed E-state index contributed by atoms with van der Waals surface area (Å²) < 4.78 is 10.0. The van der Waals surface area contributed by atoms with E-state index in [0.717, 1.165) is 0 Å². The van der Waals surface area contributed by atoms with E-state index in [4.69, 9.17) is 9.79 Å². The van der Waals surface area contributed by atoms with E-state index in [2.05, 4.69) is 0 Å². The monoisotopic (exact) mass is 214 g/mol. The molecular formula is C2H11Na3O3P2. The minimum atomic E-state index is -3.77. The molecule has 0 aliphatic rings. The average molecular weight is 214 g/mol. The van der Waals surface area contributed by atoms with Crippen LogP contribution < -0.4 is 0 Å². The Bertz CT molecular complexity index is 102. The van der Waals surface area contributed by atoms with E-state index in [-0.39, 0.29) is 88.7 Å². The van der Waals surface area contributed by atoms with Crippen LogP contribution in [0.15, 0.2) is 0 Å². The van der Waals surface area contributed by atoms with Crippen LogP contribution in [0, 0.1) is 0 Å². The van der Waals surface area contributed by atoms with Crippen LogP contribution in [0.25, 0.3) is 0 Å². The predicted molar refractivity (Wildman–Crippen MR) is 52.7 cm³/mol. The fraction of sp³-hybridized carbons (Fsp3) is 1.00. The molecule has 0 amide bonds. The van der Waals surface area contributed by atoms with Crippen molar-refractivity contribution in [3.63, 3.8) is 0 Å². The Labute approximate surface area is 130 Å². The van der Waals surface area contributed by atoms with Crippen LogP contribution in [0.4, 0.5) is 0 Å². The third-order valence-corrected chi connectivity index (χ3v) is 2.76. The van der Waals surface area contributed by atoms with Crippen molar-refractivity contribution in [2.75, 3.05) is 0 Å². The summed E-state index contributed by atoms with van der Waals surface area (Å²) in [7, 11) is -1.73. The first kappa shape index (κ1) is 23.4. The molecular weight excluding hydrogens is 203 g/mol. The molecule has 0 heterocycles. The molecule has 50 valence electrons. The van der Waals surface area contributed by atoms with E-state index >= 15 is 0 Å². The van der Waals surface area contributed by atoms with E-state index in [1.54, 1.807) is 0 Å². The molecule has 0 fully saturated rings. The first-order valence-corrected chi connectivity index (χ1v) is 4.10. The zero-order chi connectivity index (χ0) is 6.08. The van der Waals surface area contributed by atoms with Crippen molar-refractivity contribution in [1.82, 2.24) is 0 Å². The number of hydrogen-bond acceptors (Lipinski definition) is 1. The summed E-state index contributed by atoms with van der Waals surface area (Å²) in [6.07, 6.45) is 0. The Morgan fingerprint density at radius 3 is 1.40 bits per heavy atom. The van der Waals surface area contributed by atoms with Crippen LogP contribution in [-0.2, 0) is 4.57 Å². The van der Waals surface area contributed by atoms with E-state index in [0.29, 0.717) is 0 Å². The van der Waals surface area contributed by atoms with Gasteiger partial charge in [-0.15, -0.1) is 9.24 Å². The second kappa shape index (κ2) is 10.7. The summed E-state index contributed by atoms with van der Waals surface area (Å²) in [5.41, 5.74) is 0. The molecule has 2 unspecified atom stereocenters. The second-order valence-corrected chi connectivity index (χ2v) is 4.88. The molecule has 0 aliphatic heterocycles. The van der Waals surface area contributed by atoms with Crippen LogP contribution in [0.1, 0.15) is 6.92 Å². The maximum absolute atomic E-state index is 10.0. The molecule has 2 atom stereocenters. The van der Waals surface area contributed by atoms with Gasteiger partial charge in [0.05, 0.1) is 5.40 Å². The molecule has 0 rings (SSSR count). The molecule has 2 N–H and O–H groups in total. The van der Waals surface area contributed by atoms with Crippen molar-refractivity contribution in [2.24, 2.45) is 0 Å². The summed E-state index contributed by atoms with van der Waals surface area (Å²) in [4.78, 5) is 16.4. The van der Waals surface area contributed by atoms with E-state index in [1.165, 1.54) is 6.92 Å². The molecule has 0 aromatic rings. The zero-order valence-electron chi connectivity index (χ0n) is 3.90. The molecule has 3 nitrogen and oxygen atoms in total. The third-order valence-electron chi connectivity index (χ3n) is 0.531. The van der Waals surface area contributed by atoms with Gasteiger partial charge in [0.15, 0.2) is 0 Å². The standard InChI is InChI=1S/C2H8O3P2.3Na.3H/c1-2(6)7(3,4)5;;;;;;/h2H,6H2,1H3,(H2,3,4,5);;;;;;. The topological polar surface area (TPSA) is 57.5 Å². The van der Waals surface area contributed by atoms with Gasteiger partial charge in [0, 0.05) is 0 Å². The molecule has 0 aliphatic carbocycles. The fourth-order valence-electron chi connectivity index (χ4n) is 0. The summed E-state index contributed by atoms with van der Waals surface area (Å²) in [5.74, 6) is 0. The molecule has 10 heavy (non-hydrogen) atoms. The van der Waals surface area contributed by atoms with Crippen LogP contribution >= 0.6 is 16.8 Å². The molecule has 0 aromatic heterocycles. The van der Waals surface area contributed by atoms with Crippen LogP contribution in [0.5, 0.6) is 0 Å². The molecule has 0 spiro atoms. The van der Waals surface area contributed by atoms with Gasteiger partial charge in [-0.05, 0) is 6.92 Å². The van der Waals surface area contributed by atoms with Crippen LogP contribution in [-0.4, -0.2) is 104 Å². The first-order valence-electron chi connectivity index (χ1n) is 1.75. The summed E-state index contributed by atoms with van der Waals surface area (Å²) >= 11 is 0. The third kappa shape index (κ3) is 14.1. The van der Waals surface area contributed by atoms with Gasteiger partial charge in [-0.2, -0.15) is 0 Å². The Morgan fingerprint density at radius 2 is 1.40 bits per heavy atom. The normalized spacial score (nSPS) is 11.6. The zero-order valence-corrected chi connectivity index (χ0v) is 5.95. The Kier molecular flexibility index (Phi) is 25.0. The van der Waals surface area contributed by atoms with E-state index in [9.17, 15) is 4.57 Å². The average Bonchev–Trinajstić information content (AvgIpc) is 1.31. The van der Waals surface area contributed by atoms with Crippen molar-refractivity contribution in [3.05, 3.63) is 0 Å². The van der Waals surface area contributed by atoms with Crippen molar-refractivity contribution in [2.45, 2.75) is 12.3 Å². The Balaban J connectivity index is -0.0000000600. The number of hydrogen-bond donors (Lipinski definition) is 2. The number of rotatable bonds is 1. The maximum atomic E-state index is 10.0. The van der Waals surface area contributed by atoms with Gasteiger partial charge in [0.25, 0.3) is 0 Å². The first-order chi connectivity index (χ1) is 2.94. The van der Waals surface area contributed by atoms with Crippen molar-refractivity contribution >= 4 is 106 Å². The van der Waals surface area contributed by atoms with E-state index < -0.39 is 13.0 Å². The molecule has 0 radical (unpaired) electrons. The van der Waals surface area contributed by atoms with Gasteiger partial charge in [-0.1, -0.05) is 0 Å². The fourth-order valence-corrected chi connectivity index (χ4v) is 0. The van der Waals surface area contributed by atoms with Crippen molar-refractivity contribution in [3.8, 4) is 0 Å². The van der Waals surface area contributed by atoms with Crippen LogP contribution in [0.2, 0.25) is 0 Å². The van der Waals surface area contributed by atoms with Crippen LogP contribution in [0.3, 0.4) is 0 Å². The Hall–Kier alpha value is 3.58. The summed E-state index contributed by atoms with van der Waals surface area (Å²) in [5, 5.41) is -0.618. The van der Waals surface area contributed by atoms with Gasteiger partial charge in [-0.3, -0.25) is 4.57 Å². The van der Waals surface area contributed by atoms with Gasteiger partial charge >= 0.3 is 96.3 Å². The van der Waals surface area contributed by atoms with Crippen molar-refractivity contribution in [1.29, 1.82) is 0 Å². The Morgan fingerprint density at radius 1 is 1.30 bits per heavy atom. The summed E-state index contributed by atoms with van der Waals surface area (Å²) in [6.45, 7) is 1.45. The van der Waals surface area contributed by atoms with Crippen molar-refractivity contribution < 1.29 is 14.4 Å². The van der Waals surface area contributed by atoms with Gasteiger partial charge < -0.3 is 9.79 Å². The van der Waals surface area contributed by atoms with Gasteiger partial charge in [0.1, 0.15) is 0 Å². The summed E-state index contributed by atoms with van der Waals surface area (Å²) in [6, 6.07) is 0. The quantitative estimate of drug-likeness (QED) is 0.410. The molecule has 0 bridgehead atoms. The molecule has 8 heteroatoms. The SMILES string of the molecule is CC(P)P(=O)(O)O.[NaH].[NaH].[NaH]. The molecule has 0 saturated heterocycles. The predicted octanol–water partition coefficient (Wildman–Crippen LogP) is -1.56. The van der Waals surface area contributed by atoms with E-state index in [1.807, 2.05) is 9.24 Å². The second-order valence-electron chi connectivity index (χ2n) is 1.33. The minimum absolute atomic E-state index is 0. The molecule has 0 aromatic carbocycles.